The molecular weight excluding hydrogens is 389 g/mol. The smallest absolute Gasteiger partial charge is 0.484 e. The summed E-state index contributed by atoms with van der Waals surface area (Å²) in [6, 6.07) is 12.1. The first kappa shape index (κ1) is 22.2. The summed E-state index contributed by atoms with van der Waals surface area (Å²) in [7, 11) is -0.402. The third-order valence-corrected chi connectivity index (χ3v) is 7.13. The van der Waals surface area contributed by atoms with Gasteiger partial charge in [0.1, 0.15) is 5.75 Å². The monoisotopic (exact) mass is 423 g/mol. The SMILES string of the molecule is CC1(NC(=O)COc2ccc3ccc(B4OC(C)(C)C(C)(C)O4)cc3c2)CCCCC1. The van der Waals surface area contributed by atoms with Gasteiger partial charge in [-0.05, 0) is 75.8 Å². The Morgan fingerprint density at radius 2 is 1.58 bits per heavy atom. The van der Waals surface area contributed by atoms with Crippen LogP contribution in [0.2, 0.25) is 0 Å². The van der Waals surface area contributed by atoms with Crippen molar-refractivity contribution in [1.29, 1.82) is 0 Å². The molecule has 2 fully saturated rings. The molecular formula is C25H34BNO4. The van der Waals surface area contributed by atoms with E-state index in [1.54, 1.807) is 0 Å². The van der Waals surface area contributed by atoms with Crippen LogP contribution in [0.5, 0.6) is 5.75 Å². The van der Waals surface area contributed by atoms with Crippen molar-refractivity contribution in [2.75, 3.05) is 6.61 Å². The number of hydrogen-bond acceptors (Lipinski definition) is 4. The average Bonchev–Trinajstić information content (AvgIpc) is 2.93. The summed E-state index contributed by atoms with van der Waals surface area (Å²) in [6.07, 6.45) is 5.68. The minimum absolute atomic E-state index is 0.0258. The van der Waals surface area contributed by atoms with Crippen LogP contribution in [0.3, 0.4) is 0 Å². The number of nitrogens with one attached hydrogen (secondary N) is 1. The molecule has 0 atom stereocenters. The lowest BCUT2D eigenvalue weighted by Gasteiger charge is -2.34. The summed E-state index contributed by atoms with van der Waals surface area (Å²) in [6.45, 7) is 10.4. The topological polar surface area (TPSA) is 56.8 Å². The molecule has 1 amide bonds. The number of ether oxygens (including phenoxy) is 1. The van der Waals surface area contributed by atoms with Crippen LogP contribution in [0.25, 0.3) is 10.8 Å². The number of amides is 1. The molecule has 1 saturated heterocycles. The molecule has 0 unspecified atom stereocenters. The number of carbonyl (C=O) groups is 1. The van der Waals surface area contributed by atoms with Gasteiger partial charge in [-0.2, -0.15) is 0 Å². The molecule has 31 heavy (non-hydrogen) atoms. The van der Waals surface area contributed by atoms with Crippen LogP contribution in [0, 0.1) is 0 Å². The number of fused-ring (bicyclic) bond motifs is 1. The van der Waals surface area contributed by atoms with E-state index in [2.05, 4.69) is 52.1 Å². The first-order chi connectivity index (χ1) is 14.6. The van der Waals surface area contributed by atoms with Crippen LogP contribution in [0.1, 0.15) is 66.7 Å². The van der Waals surface area contributed by atoms with Gasteiger partial charge < -0.3 is 19.4 Å². The molecule has 0 bridgehead atoms. The maximum absolute atomic E-state index is 12.4. The Hall–Kier alpha value is -2.05. The highest BCUT2D eigenvalue weighted by Gasteiger charge is 2.51. The van der Waals surface area contributed by atoms with Crippen molar-refractivity contribution in [2.45, 2.75) is 83.5 Å². The fourth-order valence-corrected chi connectivity index (χ4v) is 4.44. The van der Waals surface area contributed by atoms with Gasteiger partial charge in [0, 0.05) is 5.54 Å². The highest BCUT2D eigenvalue weighted by molar-refractivity contribution is 6.62. The molecule has 4 rings (SSSR count). The van der Waals surface area contributed by atoms with Crippen molar-refractivity contribution < 1.29 is 18.8 Å². The van der Waals surface area contributed by atoms with Crippen LogP contribution in [0.15, 0.2) is 36.4 Å². The van der Waals surface area contributed by atoms with Crippen molar-refractivity contribution in [1.82, 2.24) is 5.32 Å². The molecule has 0 aromatic heterocycles. The fourth-order valence-electron chi connectivity index (χ4n) is 4.44. The second-order valence-corrected chi connectivity index (χ2v) is 10.3. The Labute approximate surface area is 186 Å². The normalized spacial score (nSPS) is 21.8. The Balaban J connectivity index is 1.43. The Bertz CT molecular complexity index is 949. The zero-order valence-corrected chi connectivity index (χ0v) is 19.4. The third-order valence-electron chi connectivity index (χ3n) is 7.13. The van der Waals surface area contributed by atoms with E-state index in [1.165, 1.54) is 19.3 Å². The molecule has 1 saturated carbocycles. The fraction of sp³-hybridized carbons (Fsp3) is 0.560. The molecule has 1 heterocycles. The molecule has 2 aromatic rings. The Morgan fingerprint density at radius 1 is 0.935 bits per heavy atom. The minimum Gasteiger partial charge on any atom is -0.484 e. The predicted octanol–water partition coefficient (Wildman–Crippen LogP) is 4.36. The van der Waals surface area contributed by atoms with Gasteiger partial charge in [-0.25, -0.2) is 0 Å². The summed E-state index contributed by atoms with van der Waals surface area (Å²) in [5, 5.41) is 5.30. The number of hydrogen-bond donors (Lipinski definition) is 1. The van der Waals surface area contributed by atoms with Gasteiger partial charge in [0.25, 0.3) is 5.91 Å². The maximum Gasteiger partial charge on any atom is 0.494 e. The van der Waals surface area contributed by atoms with Gasteiger partial charge in [0.2, 0.25) is 0 Å². The molecule has 1 aliphatic carbocycles. The second kappa shape index (κ2) is 8.14. The van der Waals surface area contributed by atoms with E-state index in [9.17, 15) is 4.79 Å². The lowest BCUT2D eigenvalue weighted by atomic mass is 9.78. The summed E-state index contributed by atoms with van der Waals surface area (Å²) < 4.78 is 18.2. The van der Waals surface area contributed by atoms with E-state index in [0.717, 1.165) is 29.1 Å². The van der Waals surface area contributed by atoms with Crippen molar-refractivity contribution in [3.63, 3.8) is 0 Å². The number of rotatable bonds is 5. The zero-order valence-electron chi connectivity index (χ0n) is 19.4. The van der Waals surface area contributed by atoms with E-state index < -0.39 is 7.12 Å². The van der Waals surface area contributed by atoms with E-state index in [0.29, 0.717) is 5.75 Å². The van der Waals surface area contributed by atoms with E-state index in [1.807, 2.05) is 24.3 Å². The second-order valence-electron chi connectivity index (χ2n) is 10.3. The molecule has 2 aromatic carbocycles. The van der Waals surface area contributed by atoms with Crippen molar-refractivity contribution in [2.24, 2.45) is 0 Å². The largest absolute Gasteiger partial charge is 0.494 e. The number of benzene rings is 2. The molecule has 6 heteroatoms. The summed E-state index contributed by atoms with van der Waals surface area (Å²) in [5.41, 5.74) is 0.130. The molecule has 1 aliphatic heterocycles. The minimum atomic E-state index is -0.402. The predicted molar refractivity (Wildman–Crippen MR) is 125 cm³/mol. The molecule has 1 N–H and O–H groups in total. The van der Waals surface area contributed by atoms with E-state index >= 15 is 0 Å². The van der Waals surface area contributed by atoms with Gasteiger partial charge in [-0.1, -0.05) is 43.5 Å². The maximum atomic E-state index is 12.4. The number of carbonyl (C=O) groups excluding carboxylic acids is 1. The standard InChI is InChI=1S/C25H34BNO4/c1-23(2)24(3,4)31-26(30-23)20-11-9-18-10-12-21(16-19(18)15-20)29-17-22(28)27-25(5)13-7-6-8-14-25/h9-12,15-16H,6-8,13-14,17H2,1-5H3,(H,27,28). The molecule has 0 radical (unpaired) electrons. The highest BCUT2D eigenvalue weighted by atomic mass is 16.7. The first-order valence-corrected chi connectivity index (χ1v) is 11.4. The van der Waals surface area contributed by atoms with Gasteiger partial charge in [-0.3, -0.25) is 4.79 Å². The van der Waals surface area contributed by atoms with Crippen LogP contribution >= 0.6 is 0 Å². The van der Waals surface area contributed by atoms with Crippen molar-refractivity contribution in [3.05, 3.63) is 36.4 Å². The lowest BCUT2D eigenvalue weighted by Crippen LogP contribution is -2.48. The van der Waals surface area contributed by atoms with Crippen molar-refractivity contribution >= 4 is 29.3 Å². The van der Waals surface area contributed by atoms with Crippen molar-refractivity contribution in [3.8, 4) is 5.75 Å². The highest BCUT2D eigenvalue weighted by Crippen LogP contribution is 2.36. The van der Waals surface area contributed by atoms with Crippen LogP contribution in [-0.2, 0) is 14.1 Å². The summed E-state index contributed by atoms with van der Waals surface area (Å²) in [5.74, 6) is 0.623. The van der Waals surface area contributed by atoms with Gasteiger partial charge >= 0.3 is 7.12 Å². The van der Waals surface area contributed by atoms with E-state index in [4.69, 9.17) is 14.0 Å². The van der Waals surface area contributed by atoms with Gasteiger partial charge in [0.15, 0.2) is 6.61 Å². The first-order valence-electron chi connectivity index (χ1n) is 11.4. The van der Waals surface area contributed by atoms with Gasteiger partial charge in [-0.15, -0.1) is 0 Å². The molecule has 166 valence electrons. The van der Waals surface area contributed by atoms with Crippen LogP contribution in [0.4, 0.5) is 0 Å². The summed E-state index contributed by atoms with van der Waals surface area (Å²) >= 11 is 0. The van der Waals surface area contributed by atoms with Crippen LogP contribution in [-0.4, -0.2) is 36.4 Å². The zero-order chi connectivity index (χ0) is 22.3. The van der Waals surface area contributed by atoms with Crippen LogP contribution < -0.4 is 15.5 Å². The Kier molecular flexibility index (Phi) is 5.82. The molecule has 5 nitrogen and oxygen atoms in total. The quantitative estimate of drug-likeness (QED) is 0.727. The van der Waals surface area contributed by atoms with E-state index in [-0.39, 0.29) is 29.3 Å². The molecule has 2 aliphatic rings. The molecule has 0 spiro atoms. The summed E-state index contributed by atoms with van der Waals surface area (Å²) in [4.78, 5) is 12.4. The van der Waals surface area contributed by atoms with Gasteiger partial charge in [0.05, 0.1) is 11.2 Å². The third kappa shape index (κ3) is 4.75. The Morgan fingerprint density at radius 3 is 2.26 bits per heavy atom. The lowest BCUT2D eigenvalue weighted by molar-refractivity contribution is -0.125. The average molecular weight is 423 g/mol.